The normalized spacial score (nSPS) is 22.5. The van der Waals surface area contributed by atoms with E-state index in [-0.39, 0.29) is 6.54 Å². The Morgan fingerprint density at radius 3 is 2.78 bits per heavy atom. The number of nitrogens with one attached hydrogen (secondary N) is 1. The highest BCUT2D eigenvalue weighted by molar-refractivity contribution is 5.75. The predicted octanol–water partition coefficient (Wildman–Crippen LogP) is 2.33. The molecule has 1 fully saturated rings. The highest BCUT2D eigenvalue weighted by Gasteiger charge is 2.57. The van der Waals surface area contributed by atoms with Gasteiger partial charge in [-0.2, -0.15) is 18.4 Å². The number of alkyl halides is 3. The van der Waals surface area contributed by atoms with Gasteiger partial charge in [0.05, 0.1) is 24.2 Å². The number of rotatable bonds is 2. The van der Waals surface area contributed by atoms with Gasteiger partial charge in [-0.3, -0.25) is 0 Å². The highest BCUT2D eigenvalue weighted by atomic mass is 19.4. The topological polar surface area (TPSA) is 76.4 Å². The molecule has 0 aliphatic carbocycles. The lowest BCUT2D eigenvalue weighted by Crippen LogP contribution is -2.49. The van der Waals surface area contributed by atoms with E-state index < -0.39 is 36.8 Å². The van der Waals surface area contributed by atoms with Gasteiger partial charge < -0.3 is 15.3 Å². The fourth-order valence-corrected chi connectivity index (χ4v) is 2.44. The maximum atomic E-state index is 12.8. The number of benzene rings is 1. The summed E-state index contributed by atoms with van der Waals surface area (Å²) >= 11 is 0. The molecule has 2 rings (SSSR count). The average molecular weight is 327 g/mol. The minimum absolute atomic E-state index is 0.174. The number of nitriles is 1. The Hall–Kier alpha value is -2.27. The van der Waals surface area contributed by atoms with Crippen LogP contribution < -0.4 is 5.32 Å². The maximum absolute atomic E-state index is 12.8. The van der Waals surface area contributed by atoms with Crippen LogP contribution in [0.3, 0.4) is 0 Å². The molecular weight excluding hydrogens is 311 g/mol. The van der Waals surface area contributed by atoms with Gasteiger partial charge in [-0.05, 0) is 24.6 Å². The highest BCUT2D eigenvalue weighted by Crippen LogP contribution is 2.37. The summed E-state index contributed by atoms with van der Waals surface area (Å²) in [6, 6.07) is 7.40. The van der Waals surface area contributed by atoms with Crippen molar-refractivity contribution in [2.75, 3.05) is 13.1 Å². The number of halogens is 3. The minimum atomic E-state index is -4.77. The summed E-state index contributed by atoms with van der Waals surface area (Å²) < 4.78 is 38.3. The number of carbonyl (C=O) groups is 1. The number of likely N-dealkylation sites (tertiary alicyclic amines) is 1. The molecule has 8 heteroatoms. The van der Waals surface area contributed by atoms with Crippen molar-refractivity contribution in [3.8, 4) is 6.07 Å². The molecule has 2 atom stereocenters. The molecule has 2 amide bonds. The minimum Gasteiger partial charge on any atom is -0.379 e. The summed E-state index contributed by atoms with van der Waals surface area (Å²) in [6.45, 7) is 0.709. The van der Waals surface area contributed by atoms with Crippen molar-refractivity contribution in [2.45, 2.75) is 31.2 Å². The first-order valence-electron chi connectivity index (χ1n) is 7.01. The van der Waals surface area contributed by atoms with Gasteiger partial charge in [0, 0.05) is 13.0 Å². The average Bonchev–Trinajstić information content (AvgIpc) is 2.91. The zero-order valence-corrected chi connectivity index (χ0v) is 12.4. The van der Waals surface area contributed by atoms with Gasteiger partial charge in [0.2, 0.25) is 0 Å². The van der Waals surface area contributed by atoms with E-state index in [1.165, 1.54) is 0 Å². The Morgan fingerprint density at radius 1 is 1.52 bits per heavy atom. The van der Waals surface area contributed by atoms with Gasteiger partial charge in [-0.15, -0.1) is 0 Å². The molecule has 23 heavy (non-hydrogen) atoms. The lowest BCUT2D eigenvalue weighted by atomic mass is 10.0. The number of hydrogen-bond acceptors (Lipinski definition) is 3. The second-order valence-corrected chi connectivity index (χ2v) is 5.61. The van der Waals surface area contributed by atoms with Crippen LogP contribution in [0.4, 0.5) is 18.0 Å². The van der Waals surface area contributed by atoms with E-state index in [1.807, 2.05) is 6.07 Å². The maximum Gasteiger partial charge on any atom is 0.419 e. The third-order valence-corrected chi connectivity index (χ3v) is 3.92. The zero-order chi connectivity index (χ0) is 17.3. The van der Waals surface area contributed by atoms with Crippen LogP contribution in [0.15, 0.2) is 24.3 Å². The van der Waals surface area contributed by atoms with Gasteiger partial charge in [0.1, 0.15) is 0 Å². The molecule has 1 aliphatic heterocycles. The van der Waals surface area contributed by atoms with E-state index in [4.69, 9.17) is 5.26 Å². The van der Waals surface area contributed by atoms with Crippen LogP contribution in [0.25, 0.3) is 0 Å². The molecule has 5 nitrogen and oxygen atoms in total. The quantitative estimate of drug-likeness (QED) is 0.875. The van der Waals surface area contributed by atoms with Crippen LogP contribution in [0.2, 0.25) is 0 Å². The lowest BCUT2D eigenvalue weighted by molar-refractivity contribution is -0.253. The molecule has 0 saturated carbocycles. The van der Waals surface area contributed by atoms with Crippen LogP contribution in [0.5, 0.6) is 0 Å². The van der Waals surface area contributed by atoms with Crippen LogP contribution in [0.1, 0.15) is 30.5 Å². The smallest absolute Gasteiger partial charge is 0.379 e. The predicted molar refractivity (Wildman–Crippen MR) is 75.3 cm³/mol. The van der Waals surface area contributed by atoms with E-state index in [2.05, 4.69) is 5.32 Å². The van der Waals surface area contributed by atoms with Crippen molar-refractivity contribution >= 4 is 6.03 Å². The molecule has 1 aromatic rings. The largest absolute Gasteiger partial charge is 0.419 e. The number of carbonyl (C=O) groups excluding carboxylic acids is 1. The number of amides is 2. The molecule has 124 valence electrons. The first-order valence-corrected chi connectivity index (χ1v) is 7.01. The molecule has 0 spiro atoms. The summed E-state index contributed by atoms with van der Waals surface area (Å²) in [4.78, 5) is 13.0. The van der Waals surface area contributed by atoms with E-state index >= 15 is 0 Å². The SMILES string of the molecule is CC(NC(=O)N1CCC(O)(C(F)(F)F)C1)c1cccc(C#N)c1. The molecule has 1 saturated heterocycles. The van der Waals surface area contributed by atoms with Gasteiger partial charge in [-0.25, -0.2) is 4.79 Å². The molecule has 2 N–H and O–H groups in total. The molecular formula is C15H16F3N3O2. The van der Waals surface area contributed by atoms with E-state index in [9.17, 15) is 23.1 Å². The molecule has 2 unspecified atom stereocenters. The fourth-order valence-electron chi connectivity index (χ4n) is 2.44. The van der Waals surface area contributed by atoms with Crippen molar-refractivity contribution in [3.63, 3.8) is 0 Å². The summed E-state index contributed by atoms with van der Waals surface area (Å²) in [5.74, 6) is 0. The second-order valence-electron chi connectivity index (χ2n) is 5.61. The van der Waals surface area contributed by atoms with Crippen molar-refractivity contribution in [1.82, 2.24) is 10.2 Å². The van der Waals surface area contributed by atoms with E-state index in [0.717, 1.165) is 4.90 Å². The van der Waals surface area contributed by atoms with Crippen LogP contribution in [-0.4, -0.2) is 40.9 Å². The Bertz CT molecular complexity index is 642. The second kappa shape index (κ2) is 6.08. The number of hydrogen-bond donors (Lipinski definition) is 2. The fraction of sp³-hybridized carbons (Fsp3) is 0.467. The Labute approximate surface area is 131 Å². The lowest BCUT2D eigenvalue weighted by Gasteiger charge is -2.26. The van der Waals surface area contributed by atoms with E-state index in [1.54, 1.807) is 31.2 Å². The summed E-state index contributed by atoms with van der Waals surface area (Å²) in [5.41, 5.74) is -1.76. The molecule has 0 aromatic heterocycles. The number of aliphatic hydroxyl groups is 1. The standard InChI is InChI=1S/C15H16F3N3O2/c1-10(12-4-2-3-11(7-12)8-19)20-13(22)21-6-5-14(23,9-21)15(16,17)18/h2-4,7,10,23H,5-6,9H2,1H3,(H,20,22). The van der Waals surface area contributed by atoms with E-state index in [0.29, 0.717) is 11.1 Å². The van der Waals surface area contributed by atoms with Crippen LogP contribution in [-0.2, 0) is 0 Å². The van der Waals surface area contributed by atoms with Gasteiger partial charge in [0.25, 0.3) is 0 Å². The molecule has 1 aromatic carbocycles. The Kier molecular flexibility index (Phi) is 4.52. The number of β-amino-alcohol motifs (C(OH)–C–C–N with tert-alkyl or cyclic N) is 1. The number of urea groups is 1. The van der Waals surface area contributed by atoms with Crippen molar-refractivity contribution < 1.29 is 23.1 Å². The van der Waals surface area contributed by atoms with Gasteiger partial charge >= 0.3 is 12.2 Å². The summed E-state index contributed by atoms with van der Waals surface area (Å²) in [6.07, 6.45) is -5.31. The molecule has 1 heterocycles. The van der Waals surface area contributed by atoms with Crippen LogP contribution in [0, 0.1) is 11.3 Å². The third kappa shape index (κ3) is 3.56. The first-order chi connectivity index (χ1) is 10.7. The van der Waals surface area contributed by atoms with Gasteiger partial charge in [-0.1, -0.05) is 12.1 Å². The van der Waals surface area contributed by atoms with Crippen molar-refractivity contribution in [1.29, 1.82) is 5.26 Å². The first kappa shape index (κ1) is 17.1. The molecule has 0 radical (unpaired) electrons. The Balaban J connectivity index is 2.01. The van der Waals surface area contributed by atoms with Crippen LogP contribution >= 0.6 is 0 Å². The zero-order valence-electron chi connectivity index (χ0n) is 12.4. The number of nitrogens with zero attached hydrogens (tertiary/aromatic N) is 2. The van der Waals surface area contributed by atoms with Gasteiger partial charge in [0.15, 0.2) is 5.60 Å². The van der Waals surface area contributed by atoms with Crippen molar-refractivity contribution in [3.05, 3.63) is 35.4 Å². The third-order valence-electron chi connectivity index (χ3n) is 3.92. The monoisotopic (exact) mass is 327 g/mol. The molecule has 1 aliphatic rings. The Morgan fingerprint density at radius 2 is 2.22 bits per heavy atom. The summed E-state index contributed by atoms with van der Waals surface area (Å²) in [7, 11) is 0. The molecule has 0 bridgehead atoms. The van der Waals surface area contributed by atoms with Crippen molar-refractivity contribution in [2.24, 2.45) is 0 Å². The summed E-state index contributed by atoms with van der Waals surface area (Å²) in [5, 5.41) is 21.0.